The minimum Gasteiger partial charge on any atom is -0.406 e. The van der Waals surface area contributed by atoms with E-state index in [4.69, 9.17) is 11.8 Å². The van der Waals surface area contributed by atoms with E-state index < -0.39 is 12.3 Å². The van der Waals surface area contributed by atoms with Crippen LogP contribution in [-0.2, 0) is 6.54 Å². The summed E-state index contributed by atoms with van der Waals surface area (Å²) in [6, 6.07) is 5.10. The Morgan fingerprint density at radius 2 is 1.83 bits per heavy atom. The molecule has 1 heterocycles. The van der Waals surface area contributed by atoms with Crippen LogP contribution in [0, 0.1) is 0 Å². The summed E-state index contributed by atoms with van der Waals surface area (Å²) < 4.78 is 40.9. The van der Waals surface area contributed by atoms with Crippen LogP contribution in [0.5, 0.6) is 5.75 Å². The first-order valence-corrected chi connectivity index (χ1v) is 6.51. The summed E-state index contributed by atoms with van der Waals surface area (Å²) in [6.07, 6.45) is -0.835. The summed E-state index contributed by atoms with van der Waals surface area (Å²) in [5.74, 6) is -0.856. The zero-order valence-electron chi connectivity index (χ0n) is 11.4. The Morgan fingerprint density at radius 1 is 1.22 bits per heavy atom. The van der Waals surface area contributed by atoms with E-state index in [9.17, 15) is 18.0 Å². The van der Waals surface area contributed by atoms with Gasteiger partial charge in [0.25, 0.3) is 5.91 Å². The van der Waals surface area contributed by atoms with Gasteiger partial charge in [-0.05, 0) is 17.7 Å². The van der Waals surface area contributed by atoms with Crippen molar-refractivity contribution in [2.75, 3.05) is 0 Å². The number of hydrogen-bond acceptors (Lipinski definition) is 5. The molecule has 0 unspecified atom stereocenters. The maximum Gasteiger partial charge on any atom is 0.573 e. The molecule has 10 heteroatoms. The number of hydrogen-bond donors (Lipinski definition) is 1. The second kappa shape index (κ2) is 7.25. The van der Waals surface area contributed by atoms with E-state index in [-0.39, 0.29) is 17.9 Å². The average Bonchev–Trinajstić information content (AvgIpc) is 2.48. The molecule has 2 aromatic rings. The van der Waals surface area contributed by atoms with Gasteiger partial charge in [-0.1, -0.05) is 12.1 Å². The topological polar surface area (TPSA) is 67.4 Å². The lowest BCUT2D eigenvalue weighted by Gasteiger charge is -2.15. The number of alkyl halides is 3. The van der Waals surface area contributed by atoms with E-state index in [0.717, 1.165) is 16.7 Å². The molecule has 122 valence electrons. The van der Waals surface area contributed by atoms with Gasteiger partial charge >= 0.3 is 6.36 Å². The van der Waals surface area contributed by atoms with Gasteiger partial charge < -0.3 is 4.74 Å². The summed E-state index contributed by atoms with van der Waals surface area (Å²) in [4.78, 5) is 19.2. The second-order valence-electron chi connectivity index (χ2n) is 4.28. The number of nitrogens with one attached hydrogen (secondary N) is 1. The van der Waals surface area contributed by atoms with Crippen LogP contribution in [0.4, 0.5) is 13.2 Å². The summed E-state index contributed by atoms with van der Waals surface area (Å²) in [7, 11) is 0. The number of ether oxygens (including phenoxy) is 1. The van der Waals surface area contributed by atoms with Gasteiger partial charge in [-0.15, -0.1) is 17.7 Å². The number of benzene rings is 1. The molecular formula is C13H10ClF3N4O2. The zero-order valence-corrected chi connectivity index (χ0v) is 12.2. The SMILES string of the molecule is O=C(NN(Cl)Cc1ccc(OC(F)(F)F)cc1)c1cncnc1. The maximum absolute atomic E-state index is 12.0. The Morgan fingerprint density at radius 3 is 2.39 bits per heavy atom. The molecule has 6 nitrogen and oxygen atoms in total. The van der Waals surface area contributed by atoms with Crippen LogP contribution in [-0.4, -0.2) is 26.8 Å². The van der Waals surface area contributed by atoms with Gasteiger partial charge in [0.15, 0.2) is 0 Å². The van der Waals surface area contributed by atoms with Gasteiger partial charge in [0.1, 0.15) is 12.1 Å². The summed E-state index contributed by atoms with van der Waals surface area (Å²) in [6.45, 7) is 0.0628. The number of halogens is 4. The van der Waals surface area contributed by atoms with Crippen molar-refractivity contribution in [3.8, 4) is 5.75 Å². The largest absolute Gasteiger partial charge is 0.573 e. The minimum absolute atomic E-state index is 0.0628. The maximum atomic E-state index is 12.0. The van der Waals surface area contributed by atoms with Gasteiger partial charge in [-0.3, -0.25) is 10.2 Å². The quantitative estimate of drug-likeness (QED) is 0.666. The van der Waals surface area contributed by atoms with E-state index in [0.29, 0.717) is 5.56 Å². The summed E-state index contributed by atoms with van der Waals surface area (Å²) in [5, 5.41) is 0. The predicted octanol–water partition coefficient (Wildman–Crippen LogP) is 2.68. The number of carbonyl (C=O) groups is 1. The molecule has 1 aromatic carbocycles. The van der Waals surface area contributed by atoms with E-state index >= 15 is 0 Å². The first-order chi connectivity index (χ1) is 10.8. The Kier molecular flexibility index (Phi) is 5.35. The highest BCUT2D eigenvalue weighted by molar-refractivity contribution is 6.14. The molecule has 0 aliphatic heterocycles. The number of carbonyl (C=O) groups excluding carboxylic acids is 1. The molecule has 0 saturated carbocycles. The molecule has 0 radical (unpaired) electrons. The van der Waals surface area contributed by atoms with Crippen LogP contribution in [0.1, 0.15) is 15.9 Å². The monoisotopic (exact) mass is 346 g/mol. The molecule has 0 saturated heterocycles. The predicted molar refractivity (Wildman–Crippen MR) is 74.0 cm³/mol. The normalized spacial score (nSPS) is 11.3. The van der Waals surface area contributed by atoms with Crippen LogP contribution in [0.3, 0.4) is 0 Å². The van der Waals surface area contributed by atoms with Crippen LogP contribution in [0.2, 0.25) is 0 Å². The summed E-state index contributed by atoms with van der Waals surface area (Å²) >= 11 is 5.86. The van der Waals surface area contributed by atoms with Crippen LogP contribution >= 0.6 is 11.8 Å². The third kappa shape index (κ3) is 5.72. The zero-order chi connectivity index (χ0) is 16.9. The van der Waals surface area contributed by atoms with Crippen molar-refractivity contribution in [1.82, 2.24) is 19.9 Å². The lowest BCUT2D eigenvalue weighted by Crippen LogP contribution is -2.35. The highest BCUT2D eigenvalue weighted by Crippen LogP contribution is 2.23. The third-order valence-corrected chi connectivity index (χ3v) is 2.73. The van der Waals surface area contributed by atoms with Gasteiger partial charge in [-0.2, -0.15) is 0 Å². The van der Waals surface area contributed by atoms with E-state index in [1.807, 2.05) is 0 Å². The first-order valence-electron chi connectivity index (χ1n) is 6.17. The van der Waals surface area contributed by atoms with Crippen molar-refractivity contribution in [1.29, 1.82) is 0 Å². The van der Waals surface area contributed by atoms with Crippen molar-refractivity contribution in [3.63, 3.8) is 0 Å². The fourth-order valence-corrected chi connectivity index (χ4v) is 1.80. The molecule has 0 spiro atoms. The summed E-state index contributed by atoms with van der Waals surface area (Å²) in [5.41, 5.74) is 3.15. The Balaban J connectivity index is 1.90. The van der Waals surface area contributed by atoms with Crippen molar-refractivity contribution in [2.45, 2.75) is 12.9 Å². The molecule has 2 rings (SSSR count). The molecule has 1 N–H and O–H groups in total. The number of amides is 1. The van der Waals surface area contributed by atoms with Gasteiger partial charge in [0, 0.05) is 24.2 Å². The van der Waals surface area contributed by atoms with Gasteiger partial charge in [0.2, 0.25) is 0 Å². The number of rotatable bonds is 5. The fourth-order valence-electron chi connectivity index (χ4n) is 1.59. The third-order valence-electron chi connectivity index (χ3n) is 2.52. The molecule has 0 aliphatic carbocycles. The molecule has 1 amide bonds. The van der Waals surface area contributed by atoms with Crippen LogP contribution < -0.4 is 10.2 Å². The average molecular weight is 347 g/mol. The van der Waals surface area contributed by atoms with Crippen molar-refractivity contribution in [2.24, 2.45) is 0 Å². The number of hydrazine groups is 1. The van der Waals surface area contributed by atoms with Crippen molar-refractivity contribution >= 4 is 17.7 Å². The first kappa shape index (κ1) is 17.0. The lowest BCUT2D eigenvalue weighted by atomic mass is 10.2. The molecular weight excluding hydrogens is 337 g/mol. The number of aromatic nitrogens is 2. The molecule has 0 bridgehead atoms. The molecule has 0 atom stereocenters. The molecule has 0 fully saturated rings. The Bertz CT molecular complexity index is 653. The van der Waals surface area contributed by atoms with E-state index in [1.54, 1.807) is 0 Å². The number of nitrogens with zero attached hydrogens (tertiary/aromatic N) is 3. The van der Waals surface area contributed by atoms with Gasteiger partial charge in [-0.25, -0.2) is 9.97 Å². The van der Waals surface area contributed by atoms with Crippen LogP contribution in [0.15, 0.2) is 43.0 Å². The standard InChI is InChI=1S/C13H10ClF3N4O2/c14-21(20-12(22)10-5-18-8-19-6-10)7-9-1-3-11(4-2-9)23-13(15,16)17/h1-6,8H,7H2,(H,20,22). The van der Waals surface area contributed by atoms with E-state index in [2.05, 4.69) is 20.1 Å². The highest BCUT2D eigenvalue weighted by atomic mass is 35.5. The second-order valence-corrected chi connectivity index (χ2v) is 4.69. The van der Waals surface area contributed by atoms with Crippen LogP contribution in [0.25, 0.3) is 0 Å². The minimum atomic E-state index is -4.74. The molecule has 0 aliphatic rings. The molecule has 23 heavy (non-hydrogen) atoms. The lowest BCUT2D eigenvalue weighted by molar-refractivity contribution is -0.274. The fraction of sp³-hybridized carbons (Fsp3) is 0.154. The van der Waals surface area contributed by atoms with Gasteiger partial charge in [0.05, 0.1) is 12.1 Å². The molecule has 1 aromatic heterocycles. The Hall–Kier alpha value is -2.39. The van der Waals surface area contributed by atoms with E-state index in [1.165, 1.54) is 30.9 Å². The van der Waals surface area contributed by atoms with Crippen molar-refractivity contribution < 1.29 is 22.7 Å². The smallest absolute Gasteiger partial charge is 0.406 e. The van der Waals surface area contributed by atoms with Crippen molar-refractivity contribution in [3.05, 3.63) is 54.1 Å². The Labute approximate surface area is 133 Å². The highest BCUT2D eigenvalue weighted by Gasteiger charge is 2.30.